The van der Waals surface area contributed by atoms with Crippen LogP contribution in [0.1, 0.15) is 5.56 Å². The SMILES string of the molecule is COc1cc(CC#N)c(=O)[nH]c1OC(F)(F)F. The standard InChI is InChI=1S/C9H7F3N2O3/c1-16-6-4-5(2-3-13)7(15)14-8(6)17-9(10,11)12/h4H,2H2,1H3,(H,14,15). The van der Waals surface area contributed by atoms with Gasteiger partial charge < -0.3 is 9.47 Å². The first kappa shape index (κ1) is 12.9. The molecular formula is C9H7F3N2O3. The van der Waals surface area contributed by atoms with Crippen LogP contribution in [0, 0.1) is 11.3 Å². The Hall–Kier alpha value is -2.17. The van der Waals surface area contributed by atoms with Gasteiger partial charge in [-0.15, -0.1) is 13.2 Å². The first-order valence-electron chi connectivity index (χ1n) is 4.30. The van der Waals surface area contributed by atoms with Gasteiger partial charge in [0.05, 0.1) is 19.6 Å². The Labute approximate surface area is 93.4 Å². The van der Waals surface area contributed by atoms with Crippen molar-refractivity contribution >= 4 is 0 Å². The van der Waals surface area contributed by atoms with Gasteiger partial charge in [-0.1, -0.05) is 0 Å². The van der Waals surface area contributed by atoms with Crippen LogP contribution in [-0.4, -0.2) is 18.5 Å². The van der Waals surface area contributed by atoms with Crippen molar-refractivity contribution in [2.45, 2.75) is 12.8 Å². The van der Waals surface area contributed by atoms with Crippen molar-refractivity contribution in [3.8, 4) is 17.7 Å². The summed E-state index contributed by atoms with van der Waals surface area (Å²) in [5, 5.41) is 8.41. The molecule has 0 aliphatic carbocycles. The molecule has 5 nitrogen and oxygen atoms in total. The molecule has 0 saturated heterocycles. The second kappa shape index (κ2) is 4.78. The molecule has 0 atom stereocenters. The monoisotopic (exact) mass is 248 g/mol. The number of alkyl halides is 3. The largest absolute Gasteiger partial charge is 0.574 e. The molecule has 17 heavy (non-hydrogen) atoms. The number of hydrogen-bond acceptors (Lipinski definition) is 4. The van der Waals surface area contributed by atoms with Crippen LogP contribution in [0.5, 0.6) is 11.6 Å². The zero-order valence-corrected chi connectivity index (χ0v) is 8.59. The summed E-state index contributed by atoms with van der Waals surface area (Å²) in [5.41, 5.74) is -0.828. The van der Waals surface area contributed by atoms with Gasteiger partial charge in [0.1, 0.15) is 0 Å². The van der Waals surface area contributed by atoms with Crippen molar-refractivity contribution in [1.29, 1.82) is 5.26 Å². The molecule has 0 saturated carbocycles. The molecule has 1 aromatic heterocycles. The average molecular weight is 248 g/mol. The number of aromatic nitrogens is 1. The summed E-state index contributed by atoms with van der Waals surface area (Å²) in [6.07, 6.45) is -5.18. The molecule has 0 aliphatic heterocycles. The summed E-state index contributed by atoms with van der Waals surface area (Å²) >= 11 is 0. The van der Waals surface area contributed by atoms with E-state index in [1.165, 1.54) is 0 Å². The molecule has 0 fully saturated rings. The predicted molar refractivity (Wildman–Crippen MR) is 49.6 cm³/mol. The summed E-state index contributed by atoms with van der Waals surface area (Å²) in [5.74, 6) is -1.14. The molecule has 1 rings (SSSR count). The van der Waals surface area contributed by atoms with E-state index >= 15 is 0 Å². The molecule has 0 aromatic carbocycles. The average Bonchev–Trinajstić information content (AvgIpc) is 2.20. The minimum absolute atomic E-state index is 0.00104. The maximum atomic E-state index is 12.0. The topological polar surface area (TPSA) is 75.1 Å². The molecule has 0 bridgehead atoms. The Kier molecular flexibility index (Phi) is 3.62. The Morgan fingerprint density at radius 1 is 1.53 bits per heavy atom. The summed E-state index contributed by atoms with van der Waals surface area (Å²) in [6, 6.07) is 2.74. The number of halogens is 3. The zero-order valence-electron chi connectivity index (χ0n) is 8.59. The van der Waals surface area contributed by atoms with Gasteiger partial charge in [-0.2, -0.15) is 5.26 Å². The maximum Gasteiger partial charge on any atom is 0.574 e. The highest BCUT2D eigenvalue weighted by Crippen LogP contribution is 2.29. The van der Waals surface area contributed by atoms with Crippen LogP contribution in [0.15, 0.2) is 10.9 Å². The number of nitriles is 1. The highest BCUT2D eigenvalue weighted by molar-refractivity contribution is 5.37. The fraction of sp³-hybridized carbons (Fsp3) is 0.333. The fourth-order valence-corrected chi connectivity index (χ4v) is 1.09. The summed E-state index contributed by atoms with van der Waals surface area (Å²) in [6.45, 7) is 0. The molecule has 1 heterocycles. The number of nitrogens with one attached hydrogen (secondary N) is 1. The minimum atomic E-state index is -4.94. The van der Waals surface area contributed by atoms with Gasteiger partial charge in [0.2, 0.25) is 5.88 Å². The number of ether oxygens (including phenoxy) is 2. The lowest BCUT2D eigenvalue weighted by atomic mass is 10.2. The van der Waals surface area contributed by atoms with E-state index in [1.807, 2.05) is 4.98 Å². The summed E-state index contributed by atoms with van der Waals surface area (Å²) < 4.78 is 44.2. The van der Waals surface area contributed by atoms with E-state index in [0.29, 0.717) is 0 Å². The van der Waals surface area contributed by atoms with Crippen molar-refractivity contribution < 1.29 is 22.6 Å². The van der Waals surface area contributed by atoms with Crippen LogP contribution in [0.25, 0.3) is 0 Å². The number of rotatable bonds is 3. The minimum Gasteiger partial charge on any atom is -0.491 e. The first-order chi connectivity index (χ1) is 7.87. The first-order valence-corrected chi connectivity index (χ1v) is 4.30. The van der Waals surface area contributed by atoms with E-state index in [1.54, 1.807) is 6.07 Å². The molecule has 8 heteroatoms. The van der Waals surface area contributed by atoms with E-state index in [4.69, 9.17) is 5.26 Å². The lowest BCUT2D eigenvalue weighted by Gasteiger charge is -2.12. The quantitative estimate of drug-likeness (QED) is 0.875. The van der Waals surface area contributed by atoms with Crippen LogP contribution in [0.4, 0.5) is 13.2 Å². The van der Waals surface area contributed by atoms with Crippen molar-refractivity contribution in [2.75, 3.05) is 7.11 Å². The van der Waals surface area contributed by atoms with Crippen molar-refractivity contribution in [1.82, 2.24) is 4.98 Å². The number of methoxy groups -OCH3 is 1. The van der Waals surface area contributed by atoms with Gasteiger partial charge in [-0.25, -0.2) is 0 Å². The van der Waals surface area contributed by atoms with Gasteiger partial charge in [0.25, 0.3) is 5.56 Å². The Bertz CT molecular complexity index is 502. The second-order valence-electron chi connectivity index (χ2n) is 2.90. The van der Waals surface area contributed by atoms with Crippen LogP contribution in [-0.2, 0) is 6.42 Å². The van der Waals surface area contributed by atoms with Gasteiger partial charge in [-0.3, -0.25) is 9.78 Å². The van der Waals surface area contributed by atoms with Gasteiger partial charge >= 0.3 is 6.36 Å². The maximum absolute atomic E-state index is 12.0. The second-order valence-corrected chi connectivity index (χ2v) is 2.90. The smallest absolute Gasteiger partial charge is 0.491 e. The lowest BCUT2D eigenvalue weighted by molar-refractivity contribution is -0.276. The zero-order chi connectivity index (χ0) is 13.1. The van der Waals surface area contributed by atoms with Crippen molar-refractivity contribution in [3.05, 3.63) is 22.0 Å². The van der Waals surface area contributed by atoms with Gasteiger partial charge in [0.15, 0.2) is 5.75 Å². The fourth-order valence-electron chi connectivity index (χ4n) is 1.09. The molecular weight excluding hydrogens is 241 g/mol. The third-order valence-corrected chi connectivity index (χ3v) is 1.76. The van der Waals surface area contributed by atoms with Crippen LogP contribution >= 0.6 is 0 Å². The molecule has 0 amide bonds. The Balaban J connectivity index is 3.20. The van der Waals surface area contributed by atoms with E-state index in [9.17, 15) is 18.0 Å². The molecule has 1 N–H and O–H groups in total. The van der Waals surface area contributed by atoms with Gasteiger partial charge in [-0.05, 0) is 6.07 Å². The van der Waals surface area contributed by atoms with Crippen LogP contribution in [0.2, 0.25) is 0 Å². The number of pyridine rings is 1. The van der Waals surface area contributed by atoms with Crippen LogP contribution in [0.3, 0.4) is 0 Å². The van der Waals surface area contributed by atoms with E-state index < -0.39 is 17.8 Å². The van der Waals surface area contributed by atoms with E-state index in [-0.39, 0.29) is 17.7 Å². The van der Waals surface area contributed by atoms with Crippen molar-refractivity contribution in [3.63, 3.8) is 0 Å². The van der Waals surface area contributed by atoms with E-state index in [2.05, 4.69) is 9.47 Å². The van der Waals surface area contributed by atoms with E-state index in [0.717, 1.165) is 13.2 Å². The van der Waals surface area contributed by atoms with Crippen molar-refractivity contribution in [2.24, 2.45) is 0 Å². The number of H-pyrrole nitrogens is 1. The molecule has 0 aliphatic rings. The van der Waals surface area contributed by atoms with Crippen LogP contribution < -0.4 is 15.0 Å². The summed E-state index contributed by atoms with van der Waals surface area (Å²) in [7, 11) is 1.12. The number of hydrogen-bond donors (Lipinski definition) is 1. The third kappa shape index (κ3) is 3.41. The highest BCUT2D eigenvalue weighted by Gasteiger charge is 2.33. The van der Waals surface area contributed by atoms with Gasteiger partial charge in [0, 0.05) is 5.56 Å². The number of nitrogens with zero attached hydrogens (tertiary/aromatic N) is 1. The Morgan fingerprint density at radius 3 is 2.65 bits per heavy atom. The Morgan fingerprint density at radius 2 is 2.18 bits per heavy atom. The molecule has 0 unspecified atom stereocenters. The molecule has 0 spiro atoms. The molecule has 92 valence electrons. The predicted octanol–water partition coefficient (Wildman–Crippen LogP) is 1.35. The summed E-state index contributed by atoms with van der Waals surface area (Å²) in [4.78, 5) is 13.1. The highest BCUT2D eigenvalue weighted by atomic mass is 19.4. The number of aromatic amines is 1. The third-order valence-electron chi connectivity index (χ3n) is 1.76. The molecule has 1 aromatic rings. The lowest BCUT2D eigenvalue weighted by Crippen LogP contribution is -2.22. The molecule has 0 radical (unpaired) electrons. The normalized spacial score (nSPS) is 10.8.